The molecule has 14 heavy (non-hydrogen) atoms. The van der Waals surface area contributed by atoms with Crippen molar-refractivity contribution in [3.63, 3.8) is 0 Å². The van der Waals surface area contributed by atoms with E-state index in [1.165, 1.54) is 12.8 Å². The van der Waals surface area contributed by atoms with Crippen LogP contribution in [-0.4, -0.2) is 0 Å². The van der Waals surface area contributed by atoms with Gasteiger partial charge in [0.1, 0.15) is 0 Å². The van der Waals surface area contributed by atoms with Crippen molar-refractivity contribution >= 4 is 18.5 Å². The van der Waals surface area contributed by atoms with Crippen molar-refractivity contribution in [2.24, 2.45) is 0 Å². The van der Waals surface area contributed by atoms with Crippen molar-refractivity contribution in [1.29, 1.82) is 0 Å². The Bertz CT molecular complexity index is 103. The third-order valence-corrected chi connectivity index (χ3v) is 0.707. The zero-order valence-corrected chi connectivity index (χ0v) is 14.2. The average Bonchev–Trinajstić information content (AvgIpc) is 2.01. The maximum Gasteiger partial charge on any atom is 3.00 e. The molecule has 0 aliphatic rings. The molecule has 0 aliphatic carbocycles. The minimum atomic E-state index is -4.56. The van der Waals surface area contributed by atoms with Crippen molar-refractivity contribution in [3.8, 4) is 0 Å². The smallest absolute Gasteiger partial charge is 0.844 e. The molecule has 0 fully saturated rings. The van der Waals surface area contributed by atoms with Crippen LogP contribution in [0.4, 0.5) is 0 Å². The van der Waals surface area contributed by atoms with Gasteiger partial charge in [-0.3, -0.25) is 0 Å². The second kappa shape index (κ2) is 20.2. The summed E-state index contributed by atoms with van der Waals surface area (Å²) in [5, 5.41) is 0. The van der Waals surface area contributed by atoms with Crippen LogP contribution in [0.15, 0.2) is 0 Å². The van der Waals surface area contributed by atoms with Gasteiger partial charge in [0.15, 0.2) is 0 Å². The summed E-state index contributed by atoms with van der Waals surface area (Å²) in [7, 11) is 0. The largest absolute Gasteiger partial charge is 3.00 e. The zero-order chi connectivity index (χ0) is 11.3. The van der Waals surface area contributed by atoms with Gasteiger partial charge in [0.25, 0.3) is 0 Å². The van der Waals surface area contributed by atoms with Gasteiger partial charge >= 0.3 is 35.6 Å². The number of unbranched alkanes of at least 4 members (excludes halogenated alkanes) is 2. The minimum absolute atomic E-state index is 0. The summed E-state index contributed by atoms with van der Waals surface area (Å²) in [6.45, 7) is 6.89. The second-order valence-electron chi connectivity index (χ2n) is 2.15. The Labute approximate surface area is 121 Å². The molecule has 0 aromatic heterocycles. The molecule has 0 atom stereocenters. The van der Waals surface area contributed by atoms with Gasteiger partial charge in [-0.1, -0.05) is 26.7 Å². The van der Waals surface area contributed by atoms with Gasteiger partial charge < -0.3 is 35.2 Å². The van der Waals surface area contributed by atoms with E-state index in [1.807, 2.05) is 0 Å². The topological polar surface area (TPSA) is 69.2 Å². The first-order valence-corrected chi connectivity index (χ1v) is 6.70. The molecule has 84 valence electrons. The fraction of sp³-hybridized carbons (Fsp3) is 0.750. The van der Waals surface area contributed by atoms with E-state index < -0.39 is 6.72 Å². The van der Waals surface area contributed by atoms with E-state index >= 15 is 0 Å². The molecule has 0 unspecified atom stereocenters. The SMILES string of the molecule is [CH2-]CCC.[CH2-]CCC.[La+3].[O-]P([O-])([O-])=S. The van der Waals surface area contributed by atoms with E-state index in [1.54, 1.807) is 0 Å². The average molecular weight is 364 g/mol. The van der Waals surface area contributed by atoms with Crippen molar-refractivity contribution in [1.82, 2.24) is 0 Å². The predicted octanol–water partition coefficient (Wildman–Crippen LogP) is 0.533. The Balaban J connectivity index is -0.0000000522. The summed E-state index contributed by atoms with van der Waals surface area (Å²) in [5.41, 5.74) is 0. The molecule has 0 amide bonds. The van der Waals surface area contributed by atoms with Gasteiger partial charge in [0.2, 0.25) is 0 Å². The minimum Gasteiger partial charge on any atom is -0.844 e. The van der Waals surface area contributed by atoms with Gasteiger partial charge in [-0.15, -0.1) is 0 Å². The summed E-state index contributed by atoms with van der Waals surface area (Å²) >= 11 is 3.27. The third-order valence-electron chi connectivity index (χ3n) is 0.707. The molecule has 0 aromatic carbocycles. The van der Waals surface area contributed by atoms with Crippen LogP contribution in [-0.2, 0) is 11.8 Å². The maximum absolute atomic E-state index is 8.92. The van der Waals surface area contributed by atoms with Crippen LogP contribution in [0.25, 0.3) is 0 Å². The Morgan fingerprint density at radius 3 is 1.07 bits per heavy atom. The summed E-state index contributed by atoms with van der Waals surface area (Å²) < 4.78 is 0. The molecule has 0 rings (SSSR count). The van der Waals surface area contributed by atoms with E-state index in [0.29, 0.717) is 0 Å². The number of rotatable bonds is 2. The number of hydrogen-bond donors (Lipinski definition) is 0. The van der Waals surface area contributed by atoms with Crippen LogP contribution >= 0.6 is 6.72 Å². The summed E-state index contributed by atoms with van der Waals surface area (Å²) in [6.07, 6.45) is 4.56. The molecule has 0 spiro atoms. The molecular weight excluding hydrogens is 346 g/mol. The van der Waals surface area contributed by atoms with Gasteiger partial charge in [-0.05, 0) is 0 Å². The second-order valence-corrected chi connectivity index (χ2v) is 4.39. The molecular formula is C8H18LaO3PS-2. The normalized spacial score (nSPS) is 8.50. The molecule has 0 aromatic rings. The molecule has 0 bridgehead atoms. The van der Waals surface area contributed by atoms with Crippen LogP contribution in [0.2, 0.25) is 0 Å². The van der Waals surface area contributed by atoms with Crippen LogP contribution < -0.4 is 14.7 Å². The van der Waals surface area contributed by atoms with Gasteiger partial charge in [0.05, 0.1) is 0 Å². The maximum atomic E-state index is 8.92. The first kappa shape index (κ1) is 24.8. The van der Waals surface area contributed by atoms with Gasteiger partial charge in [-0.2, -0.15) is 24.6 Å². The number of hydrogen-bond acceptors (Lipinski definition) is 4. The van der Waals surface area contributed by atoms with E-state index in [2.05, 4.69) is 39.5 Å². The Morgan fingerprint density at radius 1 is 1.00 bits per heavy atom. The Kier molecular flexibility index (Phi) is 35.7. The zero-order valence-electron chi connectivity index (χ0n) is 8.90. The van der Waals surface area contributed by atoms with Crippen LogP contribution in [0.3, 0.4) is 0 Å². The molecule has 0 saturated carbocycles. The van der Waals surface area contributed by atoms with Crippen LogP contribution in [0.1, 0.15) is 39.5 Å². The van der Waals surface area contributed by atoms with Crippen molar-refractivity contribution < 1.29 is 50.3 Å². The predicted molar refractivity (Wildman–Crippen MR) is 54.8 cm³/mol. The van der Waals surface area contributed by atoms with Gasteiger partial charge in [0, 0.05) is 0 Å². The Morgan fingerprint density at radius 2 is 1.07 bits per heavy atom. The Hall–Kier alpha value is 1.72. The summed E-state index contributed by atoms with van der Waals surface area (Å²) in [6, 6.07) is 0. The van der Waals surface area contributed by atoms with Gasteiger partial charge in [-0.25, -0.2) is 0 Å². The molecule has 0 N–H and O–H groups in total. The summed E-state index contributed by atoms with van der Waals surface area (Å²) in [5.74, 6) is 0. The summed E-state index contributed by atoms with van der Waals surface area (Å²) in [4.78, 5) is 26.8. The standard InChI is InChI=1S/2C4H9.La.H3O3PS/c2*1-3-4-2;;1-4(2,3)5/h2*1,3-4H2,2H3;;(H3,1,2,3,5)/q2*-1;+3;/p-3. The van der Waals surface area contributed by atoms with E-state index in [-0.39, 0.29) is 35.6 Å². The molecule has 0 radical (unpaired) electrons. The van der Waals surface area contributed by atoms with Crippen molar-refractivity contribution in [2.45, 2.75) is 39.5 Å². The van der Waals surface area contributed by atoms with Crippen molar-refractivity contribution in [3.05, 3.63) is 13.8 Å². The monoisotopic (exact) mass is 364 g/mol. The molecule has 0 aliphatic heterocycles. The van der Waals surface area contributed by atoms with Crippen LogP contribution in [0, 0.1) is 49.4 Å². The first-order chi connectivity index (χ1) is 5.83. The van der Waals surface area contributed by atoms with E-state index in [4.69, 9.17) is 14.7 Å². The van der Waals surface area contributed by atoms with E-state index in [0.717, 1.165) is 12.8 Å². The molecule has 0 heterocycles. The van der Waals surface area contributed by atoms with E-state index in [9.17, 15) is 0 Å². The van der Waals surface area contributed by atoms with Crippen molar-refractivity contribution in [2.75, 3.05) is 0 Å². The van der Waals surface area contributed by atoms with Crippen LogP contribution in [0.5, 0.6) is 0 Å². The molecule has 0 saturated heterocycles. The fourth-order valence-electron chi connectivity index (χ4n) is 0. The molecule has 3 nitrogen and oxygen atoms in total. The third kappa shape index (κ3) is 160. The fourth-order valence-corrected chi connectivity index (χ4v) is 0. The molecule has 6 heteroatoms. The quantitative estimate of drug-likeness (QED) is 0.530. The first-order valence-electron chi connectivity index (χ1n) is 4.14.